The first-order chi connectivity index (χ1) is 9.24. The SMILES string of the molecule is CCc1nn(C)cc1-c1nc(C(C)(C)C)c(C(=O)O)s1. The summed E-state index contributed by atoms with van der Waals surface area (Å²) in [6, 6.07) is 0. The number of aromatic nitrogens is 3. The molecule has 0 atom stereocenters. The summed E-state index contributed by atoms with van der Waals surface area (Å²) in [5, 5.41) is 14.5. The fourth-order valence-corrected chi connectivity index (χ4v) is 3.21. The summed E-state index contributed by atoms with van der Waals surface area (Å²) in [7, 11) is 1.86. The molecule has 5 nitrogen and oxygen atoms in total. The summed E-state index contributed by atoms with van der Waals surface area (Å²) in [6.07, 6.45) is 2.69. The first-order valence-corrected chi connectivity index (χ1v) is 7.33. The number of hydrogen-bond donors (Lipinski definition) is 1. The van der Waals surface area contributed by atoms with Crippen LogP contribution in [0.15, 0.2) is 6.20 Å². The zero-order valence-electron chi connectivity index (χ0n) is 12.4. The second-order valence-electron chi connectivity index (χ2n) is 5.77. The van der Waals surface area contributed by atoms with E-state index in [-0.39, 0.29) is 5.41 Å². The van der Waals surface area contributed by atoms with Crippen LogP contribution in [0.25, 0.3) is 10.6 Å². The van der Waals surface area contributed by atoms with E-state index in [2.05, 4.69) is 10.1 Å². The molecule has 108 valence electrons. The molecule has 2 heterocycles. The molecule has 0 aromatic carbocycles. The van der Waals surface area contributed by atoms with Crippen molar-refractivity contribution < 1.29 is 9.90 Å². The molecule has 20 heavy (non-hydrogen) atoms. The topological polar surface area (TPSA) is 68.0 Å². The van der Waals surface area contributed by atoms with Gasteiger partial charge in [0.15, 0.2) is 0 Å². The second kappa shape index (κ2) is 5.01. The molecular weight excluding hydrogens is 274 g/mol. The van der Waals surface area contributed by atoms with Crippen LogP contribution < -0.4 is 0 Å². The maximum Gasteiger partial charge on any atom is 0.347 e. The van der Waals surface area contributed by atoms with Gasteiger partial charge >= 0.3 is 5.97 Å². The smallest absolute Gasteiger partial charge is 0.347 e. The highest BCUT2D eigenvalue weighted by molar-refractivity contribution is 7.17. The van der Waals surface area contributed by atoms with Gasteiger partial charge in [-0.05, 0) is 6.42 Å². The first-order valence-electron chi connectivity index (χ1n) is 6.51. The van der Waals surface area contributed by atoms with Crippen LogP contribution in [0.3, 0.4) is 0 Å². The van der Waals surface area contributed by atoms with E-state index in [0.29, 0.717) is 10.6 Å². The number of hydrogen-bond acceptors (Lipinski definition) is 4. The van der Waals surface area contributed by atoms with E-state index in [1.54, 1.807) is 4.68 Å². The lowest BCUT2D eigenvalue weighted by Gasteiger charge is -2.15. The lowest BCUT2D eigenvalue weighted by atomic mass is 9.91. The molecule has 2 aromatic rings. The number of carboxylic acids is 1. The molecule has 2 rings (SSSR count). The van der Waals surface area contributed by atoms with E-state index in [0.717, 1.165) is 22.7 Å². The molecule has 0 aliphatic rings. The van der Waals surface area contributed by atoms with Crippen molar-refractivity contribution in [3.05, 3.63) is 22.5 Å². The molecule has 0 aliphatic heterocycles. The molecule has 0 bridgehead atoms. The van der Waals surface area contributed by atoms with Crippen LogP contribution in [0, 0.1) is 0 Å². The number of nitrogens with zero attached hydrogens (tertiary/aromatic N) is 3. The summed E-state index contributed by atoms with van der Waals surface area (Å²) in [6.45, 7) is 7.95. The summed E-state index contributed by atoms with van der Waals surface area (Å²) < 4.78 is 1.74. The van der Waals surface area contributed by atoms with Crippen molar-refractivity contribution in [1.82, 2.24) is 14.8 Å². The monoisotopic (exact) mass is 293 g/mol. The molecule has 0 radical (unpaired) electrons. The van der Waals surface area contributed by atoms with Crippen molar-refractivity contribution in [3.63, 3.8) is 0 Å². The Balaban J connectivity index is 2.62. The van der Waals surface area contributed by atoms with Gasteiger partial charge < -0.3 is 5.11 Å². The second-order valence-corrected chi connectivity index (χ2v) is 6.77. The first kappa shape index (κ1) is 14.7. The van der Waals surface area contributed by atoms with Crippen LogP contribution in [0.1, 0.15) is 48.8 Å². The highest BCUT2D eigenvalue weighted by Gasteiger charge is 2.28. The average molecular weight is 293 g/mol. The van der Waals surface area contributed by atoms with Crippen LogP contribution in [-0.4, -0.2) is 25.8 Å². The van der Waals surface area contributed by atoms with Crippen molar-refractivity contribution in [3.8, 4) is 10.6 Å². The van der Waals surface area contributed by atoms with Crippen LogP contribution in [0.4, 0.5) is 0 Å². The van der Waals surface area contributed by atoms with E-state index in [1.807, 2.05) is 40.9 Å². The lowest BCUT2D eigenvalue weighted by molar-refractivity contribution is 0.0699. The van der Waals surface area contributed by atoms with Crippen molar-refractivity contribution in [2.75, 3.05) is 0 Å². The number of aryl methyl sites for hydroxylation is 2. The van der Waals surface area contributed by atoms with Gasteiger partial charge in [-0.25, -0.2) is 9.78 Å². The normalized spacial score (nSPS) is 11.8. The minimum Gasteiger partial charge on any atom is -0.477 e. The van der Waals surface area contributed by atoms with Crippen LogP contribution in [-0.2, 0) is 18.9 Å². The number of rotatable bonds is 3. The number of thiazole rings is 1. The van der Waals surface area contributed by atoms with Crippen molar-refractivity contribution in [1.29, 1.82) is 0 Å². The molecule has 0 aliphatic carbocycles. The standard InChI is InChI=1S/C14H19N3O2S/c1-6-9-8(7-17(5)16-9)12-15-11(14(2,3)4)10(20-12)13(18)19/h7H,6H2,1-5H3,(H,18,19). The van der Waals surface area contributed by atoms with E-state index in [4.69, 9.17) is 0 Å². The van der Waals surface area contributed by atoms with Crippen molar-refractivity contribution in [2.45, 2.75) is 39.5 Å². The van der Waals surface area contributed by atoms with Crippen LogP contribution >= 0.6 is 11.3 Å². The van der Waals surface area contributed by atoms with Crippen molar-refractivity contribution in [2.24, 2.45) is 7.05 Å². The Labute approximate surface area is 122 Å². The predicted octanol–water partition coefficient (Wildman–Crippen LogP) is 3.10. The van der Waals surface area contributed by atoms with Crippen LogP contribution in [0.5, 0.6) is 0 Å². The maximum atomic E-state index is 11.4. The third-order valence-electron chi connectivity index (χ3n) is 3.00. The Morgan fingerprint density at radius 3 is 2.55 bits per heavy atom. The maximum absolute atomic E-state index is 11.4. The highest BCUT2D eigenvalue weighted by Crippen LogP contribution is 2.35. The van der Waals surface area contributed by atoms with E-state index >= 15 is 0 Å². The molecule has 0 saturated carbocycles. The quantitative estimate of drug-likeness (QED) is 0.944. The van der Waals surface area contributed by atoms with Gasteiger partial charge in [0.25, 0.3) is 0 Å². The molecular formula is C14H19N3O2S. The predicted molar refractivity (Wildman–Crippen MR) is 79.4 cm³/mol. The van der Waals surface area contributed by atoms with E-state index in [1.165, 1.54) is 11.3 Å². The third kappa shape index (κ3) is 2.60. The van der Waals surface area contributed by atoms with Crippen LogP contribution in [0.2, 0.25) is 0 Å². The van der Waals surface area contributed by atoms with Gasteiger partial charge in [0.1, 0.15) is 9.88 Å². The summed E-state index contributed by atoms with van der Waals surface area (Å²) in [5.74, 6) is -0.916. The van der Waals surface area contributed by atoms with Gasteiger partial charge in [-0.2, -0.15) is 5.10 Å². The Morgan fingerprint density at radius 1 is 1.45 bits per heavy atom. The summed E-state index contributed by atoms with van der Waals surface area (Å²) in [4.78, 5) is 16.3. The third-order valence-corrected chi connectivity index (χ3v) is 4.08. The Morgan fingerprint density at radius 2 is 2.10 bits per heavy atom. The zero-order valence-corrected chi connectivity index (χ0v) is 13.2. The summed E-state index contributed by atoms with van der Waals surface area (Å²) in [5.41, 5.74) is 2.21. The number of aromatic carboxylic acids is 1. The molecule has 0 spiro atoms. The Hall–Kier alpha value is -1.69. The van der Waals surface area contributed by atoms with Gasteiger partial charge in [0.05, 0.1) is 17.0 Å². The van der Waals surface area contributed by atoms with E-state index < -0.39 is 5.97 Å². The molecule has 1 N–H and O–H groups in total. The molecule has 2 aromatic heterocycles. The fraction of sp³-hybridized carbons (Fsp3) is 0.500. The minimum absolute atomic E-state index is 0.295. The molecule has 0 saturated heterocycles. The zero-order chi connectivity index (χ0) is 15.1. The van der Waals surface area contributed by atoms with Crippen molar-refractivity contribution >= 4 is 17.3 Å². The minimum atomic E-state index is -0.916. The van der Waals surface area contributed by atoms with E-state index in [9.17, 15) is 9.90 Å². The molecule has 0 amide bonds. The summed E-state index contributed by atoms with van der Waals surface area (Å²) >= 11 is 1.23. The number of carboxylic acid groups (broad SMARTS) is 1. The largest absolute Gasteiger partial charge is 0.477 e. The Bertz CT molecular complexity index is 650. The van der Waals surface area contributed by atoms with Gasteiger partial charge in [-0.1, -0.05) is 27.7 Å². The number of carbonyl (C=O) groups is 1. The fourth-order valence-electron chi connectivity index (χ4n) is 2.06. The Kier molecular flexibility index (Phi) is 3.69. The van der Waals surface area contributed by atoms with Gasteiger partial charge in [-0.15, -0.1) is 11.3 Å². The molecule has 6 heteroatoms. The molecule has 0 fully saturated rings. The lowest BCUT2D eigenvalue weighted by Crippen LogP contribution is -2.16. The van der Waals surface area contributed by atoms with Gasteiger partial charge in [0.2, 0.25) is 0 Å². The van der Waals surface area contributed by atoms with Gasteiger partial charge in [0, 0.05) is 18.7 Å². The highest BCUT2D eigenvalue weighted by atomic mass is 32.1. The molecule has 0 unspecified atom stereocenters. The van der Waals surface area contributed by atoms with Gasteiger partial charge in [-0.3, -0.25) is 4.68 Å². The average Bonchev–Trinajstić information content (AvgIpc) is 2.90.